The number of nitrogens with one attached hydrogen (secondary N) is 1. The molecule has 0 fully saturated rings. The molecule has 3 N–H and O–H groups in total. The maximum atomic E-state index is 12.8. The summed E-state index contributed by atoms with van der Waals surface area (Å²) >= 11 is 0. The van der Waals surface area contributed by atoms with Gasteiger partial charge in [-0.05, 0) is 47.9 Å². The van der Waals surface area contributed by atoms with Crippen LogP contribution in [0.1, 0.15) is 28.3 Å². The van der Waals surface area contributed by atoms with E-state index in [1.807, 2.05) is 36.4 Å². The fourth-order valence-corrected chi connectivity index (χ4v) is 3.02. The highest BCUT2D eigenvalue weighted by molar-refractivity contribution is 5.36. The molecule has 0 amide bonds. The number of hydrogen-bond acceptors (Lipinski definition) is 2. The van der Waals surface area contributed by atoms with Gasteiger partial charge in [0, 0.05) is 12.0 Å². The van der Waals surface area contributed by atoms with E-state index in [0.717, 1.165) is 34.7 Å². The number of alkyl halides is 3. The molecule has 27 heavy (non-hydrogen) atoms. The Labute approximate surface area is 155 Å². The molecule has 0 aliphatic rings. The molecule has 1 heterocycles. The van der Waals surface area contributed by atoms with Crippen LogP contribution in [-0.4, -0.2) is 7.11 Å². The second kappa shape index (κ2) is 7.70. The monoisotopic (exact) mass is 373 g/mol. The fourth-order valence-electron chi connectivity index (χ4n) is 3.02. The van der Waals surface area contributed by atoms with Gasteiger partial charge in [0.2, 0.25) is 0 Å². The van der Waals surface area contributed by atoms with Gasteiger partial charge in [0.1, 0.15) is 11.4 Å². The summed E-state index contributed by atoms with van der Waals surface area (Å²) in [5.41, 5.74) is 7.94. The number of nitrogen functional groups attached to an aromatic ring is 1. The van der Waals surface area contributed by atoms with Gasteiger partial charge in [-0.25, -0.2) is 4.98 Å². The molecule has 1 atom stereocenters. The molecule has 0 saturated heterocycles. The van der Waals surface area contributed by atoms with Gasteiger partial charge in [-0.1, -0.05) is 30.3 Å². The molecule has 0 radical (unpaired) electrons. The Morgan fingerprint density at radius 1 is 0.963 bits per heavy atom. The van der Waals surface area contributed by atoms with Crippen LogP contribution in [-0.2, 0) is 12.6 Å². The molecule has 0 spiro atoms. The Morgan fingerprint density at radius 3 is 2.19 bits per heavy atom. The minimum atomic E-state index is -4.34. The highest BCUT2D eigenvalue weighted by Gasteiger charge is 2.30. The van der Waals surface area contributed by atoms with Gasteiger partial charge in [0.15, 0.2) is 0 Å². The summed E-state index contributed by atoms with van der Waals surface area (Å²) in [5, 5.41) is 0. The maximum Gasteiger partial charge on any atom is 0.416 e. The highest BCUT2D eigenvalue weighted by Crippen LogP contribution is 2.31. The zero-order valence-electron chi connectivity index (χ0n) is 14.8. The van der Waals surface area contributed by atoms with Crippen LogP contribution < -0.4 is 15.5 Å². The van der Waals surface area contributed by atoms with E-state index >= 15 is 0 Å². The number of benzene rings is 2. The number of pyridine rings is 1. The molecule has 6 heteroatoms. The third kappa shape index (κ3) is 4.58. The van der Waals surface area contributed by atoms with Gasteiger partial charge in [0.25, 0.3) is 5.82 Å². The van der Waals surface area contributed by atoms with E-state index in [1.54, 1.807) is 13.2 Å². The molecule has 140 valence electrons. The Balaban J connectivity index is 1.94. The van der Waals surface area contributed by atoms with E-state index in [2.05, 4.69) is 4.98 Å². The van der Waals surface area contributed by atoms with E-state index in [-0.39, 0.29) is 5.92 Å². The van der Waals surface area contributed by atoms with Gasteiger partial charge < -0.3 is 4.74 Å². The van der Waals surface area contributed by atoms with Gasteiger partial charge in [-0.3, -0.25) is 5.73 Å². The van der Waals surface area contributed by atoms with Gasteiger partial charge in [-0.2, -0.15) is 13.2 Å². The minimum absolute atomic E-state index is 0.0869. The number of anilines is 1. The van der Waals surface area contributed by atoms with Crippen molar-refractivity contribution in [2.24, 2.45) is 0 Å². The van der Waals surface area contributed by atoms with Crippen LogP contribution in [0.2, 0.25) is 0 Å². The largest absolute Gasteiger partial charge is 0.497 e. The van der Waals surface area contributed by atoms with Crippen molar-refractivity contribution >= 4 is 5.82 Å². The fraction of sp³-hybridized carbons (Fsp3) is 0.190. The van der Waals surface area contributed by atoms with Crippen LogP contribution in [0.25, 0.3) is 0 Å². The molecular weight excluding hydrogens is 353 g/mol. The molecule has 0 bridgehead atoms. The first-order valence-corrected chi connectivity index (χ1v) is 8.44. The lowest BCUT2D eigenvalue weighted by Crippen LogP contribution is -2.21. The van der Waals surface area contributed by atoms with Crippen molar-refractivity contribution in [3.8, 4) is 5.75 Å². The van der Waals surface area contributed by atoms with Crippen LogP contribution in [0.3, 0.4) is 0 Å². The summed E-state index contributed by atoms with van der Waals surface area (Å²) in [5.74, 6) is 1.18. The SMILES string of the molecule is COc1ccc(C(Cc2ccc(C(F)(F)F)cc2)c2cccc(N)[nH+]2)cc1. The summed E-state index contributed by atoms with van der Waals surface area (Å²) in [6.07, 6.45) is -3.81. The molecule has 2 aromatic carbocycles. The quantitative estimate of drug-likeness (QED) is 0.717. The molecule has 0 aliphatic carbocycles. The molecule has 1 aromatic heterocycles. The van der Waals surface area contributed by atoms with Crippen molar-refractivity contribution in [3.05, 3.63) is 89.1 Å². The van der Waals surface area contributed by atoms with E-state index in [9.17, 15) is 13.2 Å². The number of hydrogen-bond donors (Lipinski definition) is 1. The Hall–Kier alpha value is -3.02. The number of rotatable bonds is 5. The maximum absolute atomic E-state index is 12.8. The van der Waals surface area contributed by atoms with Crippen molar-refractivity contribution in [3.63, 3.8) is 0 Å². The zero-order chi connectivity index (χ0) is 19.4. The summed E-state index contributed by atoms with van der Waals surface area (Å²) in [4.78, 5) is 3.16. The molecule has 0 aliphatic heterocycles. The van der Waals surface area contributed by atoms with E-state index < -0.39 is 11.7 Å². The smallest absolute Gasteiger partial charge is 0.416 e. The normalized spacial score (nSPS) is 12.6. The molecule has 3 rings (SSSR count). The lowest BCUT2D eigenvalue weighted by Gasteiger charge is -2.17. The first-order valence-electron chi connectivity index (χ1n) is 8.44. The van der Waals surface area contributed by atoms with Crippen molar-refractivity contribution in [2.45, 2.75) is 18.5 Å². The highest BCUT2D eigenvalue weighted by atomic mass is 19.4. The van der Waals surface area contributed by atoms with Crippen molar-refractivity contribution in [2.75, 3.05) is 12.8 Å². The number of aromatic amines is 1. The summed E-state index contributed by atoms with van der Waals surface area (Å²) in [7, 11) is 1.60. The van der Waals surface area contributed by atoms with Crippen LogP contribution in [0.15, 0.2) is 66.7 Å². The van der Waals surface area contributed by atoms with Crippen LogP contribution in [0.4, 0.5) is 19.0 Å². The number of aromatic nitrogens is 1. The lowest BCUT2D eigenvalue weighted by molar-refractivity contribution is -0.374. The van der Waals surface area contributed by atoms with E-state index in [0.29, 0.717) is 12.2 Å². The predicted octanol–water partition coefficient (Wildman–Crippen LogP) is 4.48. The summed E-state index contributed by atoms with van der Waals surface area (Å²) in [6, 6.07) is 18.4. The van der Waals surface area contributed by atoms with Crippen LogP contribution in [0, 0.1) is 0 Å². The summed E-state index contributed by atoms with van der Waals surface area (Å²) < 4.78 is 43.6. The van der Waals surface area contributed by atoms with Gasteiger partial charge >= 0.3 is 6.18 Å². The number of nitrogens with two attached hydrogens (primary N) is 1. The second-order valence-corrected chi connectivity index (χ2v) is 6.29. The first-order chi connectivity index (χ1) is 12.9. The van der Waals surface area contributed by atoms with Crippen LogP contribution >= 0.6 is 0 Å². The number of ether oxygens (including phenoxy) is 1. The Morgan fingerprint density at radius 2 is 1.63 bits per heavy atom. The number of methoxy groups -OCH3 is 1. The Kier molecular flexibility index (Phi) is 5.35. The van der Waals surface area contributed by atoms with E-state index in [4.69, 9.17) is 10.5 Å². The number of H-pyrrole nitrogens is 1. The van der Waals surface area contributed by atoms with Crippen molar-refractivity contribution in [1.82, 2.24) is 0 Å². The van der Waals surface area contributed by atoms with Crippen LogP contribution in [0.5, 0.6) is 5.75 Å². The molecule has 0 saturated carbocycles. The topological polar surface area (TPSA) is 49.4 Å². The average Bonchev–Trinajstić information content (AvgIpc) is 2.66. The molecule has 1 unspecified atom stereocenters. The predicted molar refractivity (Wildman–Crippen MR) is 97.4 cm³/mol. The standard InChI is InChI=1S/C21H19F3N2O/c1-27-17-11-7-15(8-12-17)18(19-3-2-4-20(25)26-19)13-14-5-9-16(10-6-14)21(22,23)24/h2-12,18H,13H2,1H3,(H2,25,26)/p+1. The lowest BCUT2D eigenvalue weighted by atomic mass is 9.88. The first kappa shape index (κ1) is 18.8. The third-order valence-corrected chi connectivity index (χ3v) is 4.45. The van der Waals surface area contributed by atoms with Crippen molar-refractivity contribution in [1.29, 1.82) is 0 Å². The zero-order valence-corrected chi connectivity index (χ0v) is 14.8. The average molecular weight is 373 g/mol. The second-order valence-electron chi connectivity index (χ2n) is 6.29. The summed E-state index contributed by atoms with van der Waals surface area (Å²) in [6.45, 7) is 0. The van der Waals surface area contributed by atoms with Crippen molar-refractivity contribution < 1.29 is 22.9 Å². The molecule has 3 aromatic rings. The van der Waals surface area contributed by atoms with Gasteiger partial charge in [0.05, 0.1) is 12.7 Å². The number of halogens is 3. The Bertz CT molecular complexity index is 891. The van der Waals surface area contributed by atoms with Gasteiger partial charge in [-0.15, -0.1) is 0 Å². The molecular formula is C21H20F3N2O+. The third-order valence-electron chi connectivity index (χ3n) is 4.45. The molecule has 3 nitrogen and oxygen atoms in total. The van der Waals surface area contributed by atoms with E-state index in [1.165, 1.54) is 12.1 Å². The minimum Gasteiger partial charge on any atom is -0.497 e.